The number of nitrogens with zero attached hydrogens (tertiary/aromatic N) is 5. The first kappa shape index (κ1) is 64.1. The van der Waals surface area contributed by atoms with E-state index in [9.17, 15) is 33.6 Å². The molecule has 4 aliphatic heterocycles. The van der Waals surface area contributed by atoms with E-state index in [-0.39, 0.29) is 55.2 Å². The fraction of sp³-hybridized carbons (Fsp3) is 0.597. The van der Waals surface area contributed by atoms with Crippen molar-refractivity contribution in [2.24, 2.45) is 5.73 Å². The van der Waals surface area contributed by atoms with Crippen LogP contribution in [0.1, 0.15) is 142 Å². The monoisotopic (exact) mass is 1140 g/mol. The molecular weight excluding hydrogens is 1050 g/mol. The van der Waals surface area contributed by atoms with Crippen LogP contribution >= 0.6 is 11.6 Å². The average molecular weight is 1140 g/mol. The number of Topliss-reactive ketones (excluding diaryl/α,β-unsaturated/α-hetero) is 1. The van der Waals surface area contributed by atoms with E-state index in [0.29, 0.717) is 82.4 Å². The van der Waals surface area contributed by atoms with Crippen molar-refractivity contribution in [3.63, 3.8) is 0 Å². The molecule has 0 aromatic heterocycles. The van der Waals surface area contributed by atoms with Crippen molar-refractivity contribution in [3.8, 4) is 0 Å². The number of hydrogen-bond acceptors (Lipinski definition) is 13. The smallest absolute Gasteiger partial charge is 0.410 e. The van der Waals surface area contributed by atoms with E-state index in [1.54, 1.807) is 23.6 Å². The Morgan fingerprint density at radius 2 is 0.815 bits per heavy atom. The lowest BCUT2D eigenvalue weighted by Gasteiger charge is -2.38. The number of benzene rings is 3. The summed E-state index contributed by atoms with van der Waals surface area (Å²) in [5, 5.41) is 6.60. The fourth-order valence-corrected chi connectivity index (χ4v) is 10.0. The summed E-state index contributed by atoms with van der Waals surface area (Å²) in [6, 6.07) is 32.8. The van der Waals surface area contributed by atoms with Crippen molar-refractivity contribution in [2.75, 3.05) is 52.4 Å². The molecule has 446 valence electrons. The van der Waals surface area contributed by atoms with Gasteiger partial charge >= 0.3 is 18.3 Å². The predicted molar refractivity (Wildman–Crippen MR) is 314 cm³/mol. The third kappa shape index (κ3) is 25.3. The van der Waals surface area contributed by atoms with Crippen LogP contribution in [-0.2, 0) is 53.2 Å². The molecular formula is C62H91ClN8O10. The molecule has 0 spiro atoms. The molecule has 0 radical (unpaired) electrons. The molecule has 4 aliphatic carbocycles. The molecule has 11 rings (SSSR count). The molecule has 0 bridgehead atoms. The van der Waals surface area contributed by atoms with Gasteiger partial charge in [-0.1, -0.05) is 91.0 Å². The van der Waals surface area contributed by atoms with Crippen molar-refractivity contribution in [1.82, 2.24) is 35.1 Å². The second-order valence-electron chi connectivity index (χ2n) is 22.2. The molecule has 4 saturated heterocycles. The van der Waals surface area contributed by atoms with Gasteiger partial charge < -0.3 is 55.1 Å². The molecule has 3 aromatic rings. The number of rotatable bonds is 12. The summed E-state index contributed by atoms with van der Waals surface area (Å²) in [4.78, 5) is 88.6. The lowest BCUT2D eigenvalue weighted by molar-refractivity contribution is -0.133. The summed E-state index contributed by atoms with van der Waals surface area (Å²) in [7, 11) is 0. The van der Waals surface area contributed by atoms with E-state index >= 15 is 0 Å². The number of halogens is 1. The van der Waals surface area contributed by atoms with Gasteiger partial charge in [0.05, 0.1) is 0 Å². The van der Waals surface area contributed by atoms with Crippen LogP contribution in [0.25, 0.3) is 0 Å². The van der Waals surface area contributed by atoms with Gasteiger partial charge in [0.25, 0.3) is 0 Å². The van der Waals surface area contributed by atoms with Crippen molar-refractivity contribution < 1.29 is 49.2 Å². The molecule has 0 atom stereocenters. The van der Waals surface area contributed by atoms with Gasteiger partial charge in [0, 0.05) is 117 Å². The fourth-order valence-electron chi connectivity index (χ4n) is 10.0. The number of nitrogens with one attached hydrogen (secondary N) is 2. The largest absolute Gasteiger partial charge is 0.445 e. The molecule has 4 N–H and O–H groups in total. The Labute approximate surface area is 486 Å². The van der Waals surface area contributed by atoms with Gasteiger partial charge in [-0.2, -0.15) is 0 Å². The van der Waals surface area contributed by atoms with E-state index in [1.807, 2.05) is 101 Å². The standard InChI is InChI=1S/C18H24N2O3.C16H22N2O2.C13H15NO3.C10H18N2O.C3H7N.C2H3ClO.H2/c1-14(21)20(16-7-8-16)17-9-11-19(12-10-17)18(22)23-13-15-5-3-2-4-6-15;19-16(20-12-13-4-2-1-3-5-13)18-10-8-15(9-11-18)17-14-6-7-14;15-12-6-8-14(9-7-12)13(16)17-10-11-4-2-1-3-5-11;1-8(13)12(9-2-3-9)10-4-6-11-7-5-10;4-3-1-2-3;1-2(3)4;/h2-6,16-17H,7-13H2,1H3;1-5,14-15,17H,6-12H2;1-5H,6-10H2;9-11H,2-7H2,1H3;3H,1-2,4H2;1H3;1H. The lowest BCUT2D eigenvalue weighted by atomic mass is 10.0. The number of carbonyl (C=O) groups is 7. The third-order valence-corrected chi connectivity index (χ3v) is 15.0. The maximum atomic E-state index is 12.2. The van der Waals surface area contributed by atoms with Gasteiger partial charge in [0.1, 0.15) is 25.6 Å². The minimum atomic E-state index is -0.361. The number of piperidine rings is 4. The number of ether oxygens (including phenoxy) is 3. The number of amides is 5. The highest BCUT2D eigenvalue weighted by Gasteiger charge is 2.38. The van der Waals surface area contributed by atoms with Gasteiger partial charge in [-0.3, -0.25) is 19.2 Å². The summed E-state index contributed by atoms with van der Waals surface area (Å²) in [5.74, 6) is 0.657. The third-order valence-electron chi connectivity index (χ3n) is 15.0. The van der Waals surface area contributed by atoms with Crippen molar-refractivity contribution >= 4 is 52.7 Å². The van der Waals surface area contributed by atoms with Crippen molar-refractivity contribution in [1.29, 1.82) is 0 Å². The number of ketones is 1. The predicted octanol–water partition coefficient (Wildman–Crippen LogP) is 9.20. The average Bonchev–Trinajstić information content (AvgIpc) is 4.24. The Bertz CT molecular complexity index is 2380. The van der Waals surface area contributed by atoms with Crippen LogP contribution in [-0.4, -0.2) is 160 Å². The summed E-state index contributed by atoms with van der Waals surface area (Å²) in [6.07, 6.45) is 16.0. The van der Waals surface area contributed by atoms with E-state index in [2.05, 4.69) is 27.1 Å². The van der Waals surface area contributed by atoms with E-state index in [4.69, 9.17) is 19.9 Å². The molecule has 4 heterocycles. The van der Waals surface area contributed by atoms with Gasteiger partial charge in [0.2, 0.25) is 17.1 Å². The summed E-state index contributed by atoms with van der Waals surface area (Å²) < 4.78 is 15.9. The molecule has 19 heteroatoms. The van der Waals surface area contributed by atoms with Crippen molar-refractivity contribution in [2.45, 2.75) is 186 Å². The second kappa shape index (κ2) is 34.4. The summed E-state index contributed by atoms with van der Waals surface area (Å²) >= 11 is 4.64. The van der Waals surface area contributed by atoms with Gasteiger partial charge in [0.15, 0.2) is 0 Å². The van der Waals surface area contributed by atoms with Crippen LogP contribution < -0.4 is 16.4 Å². The van der Waals surface area contributed by atoms with Crippen LogP contribution in [0.3, 0.4) is 0 Å². The summed E-state index contributed by atoms with van der Waals surface area (Å²) in [5.41, 5.74) is 8.22. The highest BCUT2D eigenvalue weighted by Crippen LogP contribution is 2.33. The SMILES string of the molecule is CC(=O)Cl.CC(=O)N(C1CC1)C1CCN(C(=O)OCc2ccccc2)CC1.CC(=O)N(C1CCNCC1)C1CC1.NC1CC1.O=C(OCc1ccccc1)N1CCC(NC2CC2)CC1.O=C1CCN(C(=O)OCc2ccccc2)CC1.[HH]. The quantitative estimate of drug-likeness (QED) is 0.114. The Balaban J connectivity index is 0.000000193. The molecule has 0 unspecified atom stereocenters. The molecule has 3 aromatic carbocycles. The zero-order valence-electron chi connectivity index (χ0n) is 48.1. The van der Waals surface area contributed by atoms with Crippen LogP contribution in [0.2, 0.25) is 0 Å². The minimum absolute atomic E-state index is 0. The highest BCUT2D eigenvalue weighted by molar-refractivity contribution is 6.62. The van der Waals surface area contributed by atoms with Crippen LogP contribution in [0.15, 0.2) is 91.0 Å². The number of hydrogen-bond donors (Lipinski definition) is 3. The maximum absolute atomic E-state index is 12.2. The molecule has 8 aliphatic rings. The maximum Gasteiger partial charge on any atom is 0.410 e. The first-order chi connectivity index (χ1) is 39.1. The van der Waals surface area contributed by atoms with Gasteiger partial charge in [-0.05, 0) is 131 Å². The number of carbonyl (C=O) groups excluding carboxylic acids is 7. The molecule has 8 fully saturated rings. The molecule has 81 heavy (non-hydrogen) atoms. The zero-order chi connectivity index (χ0) is 57.9. The number of nitrogens with two attached hydrogens (primary N) is 1. The lowest BCUT2D eigenvalue weighted by Crippen LogP contribution is -2.49. The minimum Gasteiger partial charge on any atom is -0.445 e. The Kier molecular flexibility index (Phi) is 27.2. The van der Waals surface area contributed by atoms with Gasteiger partial charge in [-0.25, -0.2) is 14.4 Å². The van der Waals surface area contributed by atoms with E-state index in [1.165, 1.54) is 45.4 Å². The van der Waals surface area contributed by atoms with Gasteiger partial charge in [-0.15, -0.1) is 0 Å². The highest BCUT2D eigenvalue weighted by atomic mass is 35.5. The number of likely N-dealkylation sites (tertiary alicyclic amines) is 3. The molecule has 5 amide bonds. The first-order valence-electron chi connectivity index (χ1n) is 29.5. The second-order valence-corrected chi connectivity index (χ2v) is 22.7. The van der Waals surface area contributed by atoms with Crippen molar-refractivity contribution in [3.05, 3.63) is 108 Å². The molecule has 4 saturated carbocycles. The Morgan fingerprint density at radius 1 is 0.506 bits per heavy atom. The topological polar surface area (TPSA) is 213 Å². The first-order valence-corrected chi connectivity index (χ1v) is 29.9. The Hall–Kier alpha value is -6.08. The van der Waals surface area contributed by atoms with Crippen LogP contribution in [0.5, 0.6) is 0 Å². The molecule has 18 nitrogen and oxygen atoms in total. The Morgan fingerprint density at radius 3 is 1.14 bits per heavy atom. The summed E-state index contributed by atoms with van der Waals surface area (Å²) in [6.45, 7) is 11.6. The van der Waals surface area contributed by atoms with E-state index in [0.717, 1.165) is 100 Å². The van der Waals surface area contributed by atoms with Crippen LogP contribution in [0.4, 0.5) is 14.4 Å². The van der Waals surface area contributed by atoms with E-state index < -0.39 is 0 Å². The van der Waals surface area contributed by atoms with Crippen LogP contribution in [0, 0.1) is 0 Å². The zero-order valence-corrected chi connectivity index (χ0v) is 48.8. The normalized spacial score (nSPS) is 19.0.